The molecule has 0 atom stereocenters. The van der Waals surface area contributed by atoms with Gasteiger partial charge in [0.05, 0.1) is 0 Å². The van der Waals surface area contributed by atoms with Gasteiger partial charge >= 0.3 is 36.3 Å². The molecule has 136 valence electrons. The fourth-order valence-electron chi connectivity index (χ4n) is 1.16. The minimum atomic E-state index is -7.44. The van der Waals surface area contributed by atoms with Crippen LogP contribution in [0.5, 0.6) is 0 Å². The summed E-state index contributed by atoms with van der Waals surface area (Å²) < 4.78 is 160. The summed E-state index contributed by atoms with van der Waals surface area (Å²) in [4.78, 5) is 10.2. The predicted molar refractivity (Wildman–Crippen MR) is 42.7 cm³/mol. The number of aliphatic carboxylic acids is 1. The van der Waals surface area contributed by atoms with Gasteiger partial charge in [-0.1, -0.05) is 0 Å². The van der Waals surface area contributed by atoms with Crippen LogP contribution in [0.2, 0.25) is 0 Å². The highest BCUT2D eigenvalue weighted by atomic mass is 19.4. The van der Waals surface area contributed by atoms with Crippen LogP contribution in [0.4, 0.5) is 57.1 Å². The van der Waals surface area contributed by atoms with E-state index in [0.717, 1.165) is 0 Å². The minimum Gasteiger partial charge on any atom is -0.478 e. The topological polar surface area (TPSA) is 37.3 Å². The number of halogens is 13. The van der Waals surface area contributed by atoms with Gasteiger partial charge in [0.1, 0.15) is 5.57 Å². The molecule has 23 heavy (non-hydrogen) atoms. The van der Waals surface area contributed by atoms with E-state index in [2.05, 4.69) is 0 Å². The second kappa shape index (κ2) is 5.43. The molecule has 0 spiro atoms. The maximum atomic E-state index is 12.8. The molecule has 0 aliphatic heterocycles. The van der Waals surface area contributed by atoms with Gasteiger partial charge in [-0.15, -0.1) is 0 Å². The number of rotatable bonds is 3. The molecular weight excluding hydrogens is 375 g/mol. The fourth-order valence-corrected chi connectivity index (χ4v) is 1.16. The molecule has 0 aromatic rings. The molecule has 0 rings (SSSR count). The molecule has 0 bridgehead atoms. The summed E-state index contributed by atoms with van der Waals surface area (Å²) in [5.74, 6) is -18.7. The van der Waals surface area contributed by atoms with Gasteiger partial charge in [0.2, 0.25) is 0 Å². The number of carboxylic acid groups (broad SMARTS) is 1. The van der Waals surface area contributed by atoms with Crippen molar-refractivity contribution in [3.8, 4) is 0 Å². The van der Waals surface area contributed by atoms with E-state index in [1.54, 1.807) is 0 Å². The second-order valence-corrected chi connectivity index (χ2v) is 3.70. The highest BCUT2D eigenvalue weighted by molar-refractivity contribution is 5.90. The molecule has 15 heteroatoms. The Labute approximate surface area is 116 Å². The Morgan fingerprint density at radius 1 is 0.609 bits per heavy atom. The molecule has 0 aromatic carbocycles. The monoisotopic (exact) mass is 376 g/mol. The van der Waals surface area contributed by atoms with Crippen molar-refractivity contribution in [2.45, 2.75) is 30.4 Å². The highest BCUT2D eigenvalue weighted by Gasteiger charge is 2.75. The van der Waals surface area contributed by atoms with Gasteiger partial charge in [-0.3, -0.25) is 0 Å². The van der Waals surface area contributed by atoms with Crippen molar-refractivity contribution >= 4 is 5.97 Å². The SMILES string of the molecule is O=C(O)C(=C(C(F)(F)C(F)(F)F)C(F)(F)C(F)(F)F)C(F)(F)F. The van der Waals surface area contributed by atoms with Gasteiger partial charge in [-0.05, 0) is 0 Å². The molecule has 0 aliphatic carbocycles. The van der Waals surface area contributed by atoms with Crippen molar-refractivity contribution in [2.24, 2.45) is 0 Å². The average Bonchev–Trinajstić information content (AvgIpc) is 2.19. The number of carbonyl (C=O) groups is 1. The third-order valence-corrected chi connectivity index (χ3v) is 2.09. The Kier molecular flexibility index (Phi) is 5.03. The van der Waals surface area contributed by atoms with E-state index in [4.69, 9.17) is 5.11 Å². The van der Waals surface area contributed by atoms with E-state index >= 15 is 0 Å². The highest BCUT2D eigenvalue weighted by Crippen LogP contribution is 2.54. The Morgan fingerprint density at radius 2 is 0.870 bits per heavy atom. The lowest BCUT2D eigenvalue weighted by molar-refractivity contribution is -0.309. The number of hydrogen-bond acceptors (Lipinski definition) is 1. The van der Waals surface area contributed by atoms with Crippen molar-refractivity contribution in [3.05, 3.63) is 11.1 Å². The van der Waals surface area contributed by atoms with Crippen molar-refractivity contribution in [2.75, 3.05) is 0 Å². The van der Waals surface area contributed by atoms with E-state index in [-0.39, 0.29) is 0 Å². The summed E-state index contributed by atoms with van der Waals surface area (Å²) in [6.45, 7) is 0. The normalized spacial score (nSPS) is 14.7. The van der Waals surface area contributed by atoms with E-state index < -0.39 is 47.5 Å². The number of alkyl halides is 13. The molecule has 1 N–H and O–H groups in total. The van der Waals surface area contributed by atoms with E-state index in [0.29, 0.717) is 0 Å². The van der Waals surface area contributed by atoms with Gasteiger partial charge in [-0.2, -0.15) is 57.1 Å². The Balaban J connectivity index is 7.15. The zero-order valence-electron chi connectivity index (χ0n) is 9.77. The molecule has 0 amide bonds. The summed E-state index contributed by atoms with van der Waals surface area (Å²) >= 11 is 0. The van der Waals surface area contributed by atoms with Crippen LogP contribution < -0.4 is 0 Å². The number of allylic oxidation sites excluding steroid dienone is 1. The predicted octanol–water partition coefficient (Wildman–Crippen LogP) is 4.33. The molecule has 0 saturated carbocycles. The first-order valence-electron chi connectivity index (χ1n) is 4.63. The summed E-state index contributed by atoms with van der Waals surface area (Å²) in [5, 5.41) is 7.96. The van der Waals surface area contributed by atoms with Crippen LogP contribution in [0.3, 0.4) is 0 Å². The van der Waals surface area contributed by atoms with Gasteiger partial charge < -0.3 is 5.11 Å². The van der Waals surface area contributed by atoms with Crippen LogP contribution in [0, 0.1) is 0 Å². The smallest absolute Gasteiger partial charge is 0.457 e. The molecule has 2 nitrogen and oxygen atoms in total. The van der Waals surface area contributed by atoms with Crippen LogP contribution in [-0.4, -0.2) is 41.4 Å². The Morgan fingerprint density at radius 3 is 1.00 bits per heavy atom. The largest absolute Gasteiger partial charge is 0.478 e. The van der Waals surface area contributed by atoms with Gasteiger partial charge in [0.15, 0.2) is 5.57 Å². The van der Waals surface area contributed by atoms with Crippen LogP contribution >= 0.6 is 0 Å². The average molecular weight is 376 g/mol. The van der Waals surface area contributed by atoms with Crippen molar-refractivity contribution < 1.29 is 67.0 Å². The number of hydrogen-bond donors (Lipinski definition) is 1. The molecule has 0 unspecified atom stereocenters. The van der Waals surface area contributed by atoms with Crippen LogP contribution in [-0.2, 0) is 4.79 Å². The Bertz CT molecular complexity index is 476. The lowest BCUT2D eigenvalue weighted by atomic mass is 9.93. The third kappa shape index (κ3) is 3.80. The van der Waals surface area contributed by atoms with Crippen LogP contribution in [0.25, 0.3) is 0 Å². The van der Waals surface area contributed by atoms with E-state index in [1.165, 1.54) is 0 Å². The second-order valence-electron chi connectivity index (χ2n) is 3.70. The fraction of sp³-hybridized carbons (Fsp3) is 0.625. The summed E-state index contributed by atoms with van der Waals surface area (Å²) in [5.41, 5.74) is -9.34. The molecule has 0 aromatic heterocycles. The summed E-state index contributed by atoms with van der Waals surface area (Å²) in [6, 6.07) is 0. The first kappa shape index (κ1) is 21.3. The van der Waals surface area contributed by atoms with Crippen molar-refractivity contribution in [1.29, 1.82) is 0 Å². The zero-order valence-corrected chi connectivity index (χ0v) is 9.77. The third-order valence-electron chi connectivity index (χ3n) is 2.09. The molecule has 0 heterocycles. The van der Waals surface area contributed by atoms with E-state index in [9.17, 15) is 61.9 Å². The van der Waals surface area contributed by atoms with Crippen LogP contribution in [0.1, 0.15) is 0 Å². The molecule has 0 radical (unpaired) electrons. The lowest BCUT2D eigenvalue weighted by Crippen LogP contribution is -2.52. The summed E-state index contributed by atoms with van der Waals surface area (Å²) in [7, 11) is 0. The van der Waals surface area contributed by atoms with Gasteiger partial charge in [0, 0.05) is 0 Å². The molecule has 0 aliphatic rings. The first-order chi connectivity index (χ1) is 9.69. The van der Waals surface area contributed by atoms with Gasteiger partial charge in [0.25, 0.3) is 0 Å². The maximum Gasteiger partial charge on any atom is 0.457 e. The number of carboxylic acids is 1. The van der Waals surface area contributed by atoms with E-state index in [1.807, 2.05) is 0 Å². The summed E-state index contributed by atoms with van der Waals surface area (Å²) in [6.07, 6.45) is -21.6. The molecular formula is C8HF13O2. The van der Waals surface area contributed by atoms with Crippen molar-refractivity contribution in [3.63, 3.8) is 0 Å². The Hall–Kier alpha value is -1.70. The molecule has 0 fully saturated rings. The standard InChI is InChI=1S/C8HF13O2/c9-4(10,7(16,17)18)2(5(11,12)8(19,20)21)1(3(22)23)6(13,14)15/h(H,22,23). The van der Waals surface area contributed by atoms with Gasteiger partial charge in [-0.25, -0.2) is 4.79 Å². The zero-order chi connectivity index (χ0) is 19.2. The first-order valence-corrected chi connectivity index (χ1v) is 4.63. The quantitative estimate of drug-likeness (QED) is 0.589. The lowest BCUT2D eigenvalue weighted by Gasteiger charge is -2.31. The van der Waals surface area contributed by atoms with Crippen LogP contribution in [0.15, 0.2) is 11.1 Å². The minimum absolute atomic E-state index is 3.87. The van der Waals surface area contributed by atoms with Crippen molar-refractivity contribution in [1.82, 2.24) is 0 Å². The molecule has 0 saturated heterocycles. The maximum absolute atomic E-state index is 12.8.